The fourth-order valence-corrected chi connectivity index (χ4v) is 4.12. The number of nitrogens with one attached hydrogen (secondary N) is 1. The Hall–Kier alpha value is -2.31. The van der Waals surface area contributed by atoms with E-state index in [-0.39, 0.29) is 12.1 Å². The summed E-state index contributed by atoms with van der Waals surface area (Å²) in [5.41, 5.74) is 2.00. The minimum Gasteiger partial charge on any atom is -0.467 e. The van der Waals surface area contributed by atoms with E-state index in [2.05, 4.69) is 10.3 Å². The highest BCUT2D eigenvalue weighted by Crippen LogP contribution is 2.29. The number of hydrogen-bond acceptors (Lipinski definition) is 4. The smallest absolute Gasteiger partial charge is 0.317 e. The van der Waals surface area contributed by atoms with E-state index in [0.29, 0.717) is 29.9 Å². The highest BCUT2D eigenvalue weighted by molar-refractivity contribution is 7.20. The zero-order valence-corrected chi connectivity index (χ0v) is 16.3. The number of carbonyl (C=O) groups excluding carboxylic acids is 1. The van der Waals surface area contributed by atoms with Crippen LogP contribution in [0.1, 0.15) is 18.4 Å². The van der Waals surface area contributed by atoms with Crippen LogP contribution in [0.2, 0.25) is 5.02 Å². The lowest BCUT2D eigenvalue weighted by molar-refractivity contribution is 0.111. The number of halogens is 1. The first-order valence-corrected chi connectivity index (χ1v) is 10.2. The molecule has 1 N–H and O–H groups in total. The summed E-state index contributed by atoms with van der Waals surface area (Å²) < 4.78 is 7.18. The van der Waals surface area contributed by atoms with Crippen LogP contribution in [-0.2, 0) is 6.54 Å². The van der Waals surface area contributed by atoms with Crippen molar-refractivity contribution in [2.24, 2.45) is 0 Å². The first-order chi connectivity index (χ1) is 13.2. The van der Waals surface area contributed by atoms with Gasteiger partial charge in [0.15, 0.2) is 0 Å². The lowest BCUT2D eigenvalue weighted by atomic mass is 10.1. The number of urea groups is 1. The van der Waals surface area contributed by atoms with Crippen LogP contribution in [0.3, 0.4) is 0 Å². The largest absolute Gasteiger partial charge is 0.467 e. The van der Waals surface area contributed by atoms with Crippen LogP contribution < -0.4 is 10.1 Å². The predicted molar refractivity (Wildman–Crippen MR) is 109 cm³/mol. The lowest BCUT2D eigenvalue weighted by Gasteiger charge is -2.31. The van der Waals surface area contributed by atoms with Crippen LogP contribution in [0.4, 0.5) is 4.79 Å². The molecule has 0 spiro atoms. The Morgan fingerprint density at radius 1 is 1.19 bits per heavy atom. The predicted octanol–water partition coefficient (Wildman–Crippen LogP) is 4.70. The highest BCUT2D eigenvalue weighted by Gasteiger charge is 2.24. The molecule has 140 valence electrons. The van der Waals surface area contributed by atoms with Gasteiger partial charge >= 0.3 is 6.03 Å². The van der Waals surface area contributed by atoms with Crippen molar-refractivity contribution in [3.63, 3.8) is 0 Å². The fourth-order valence-electron chi connectivity index (χ4n) is 3.11. The molecule has 1 fully saturated rings. The summed E-state index contributed by atoms with van der Waals surface area (Å²) in [7, 11) is 0. The van der Waals surface area contributed by atoms with E-state index in [1.165, 1.54) is 0 Å². The SMILES string of the molecule is O=C(NCc1ccc(Cl)cc1)N1CCC(Oc2nc3ccccc3s2)CC1. The second-order valence-corrected chi connectivity index (χ2v) is 7.97. The number of para-hydroxylation sites is 1. The van der Waals surface area contributed by atoms with E-state index in [9.17, 15) is 4.79 Å². The van der Waals surface area contributed by atoms with Gasteiger partial charge in [0.1, 0.15) is 6.10 Å². The van der Waals surface area contributed by atoms with Gasteiger partial charge in [-0.1, -0.05) is 47.2 Å². The maximum absolute atomic E-state index is 12.4. The van der Waals surface area contributed by atoms with Gasteiger partial charge in [0.25, 0.3) is 5.19 Å². The molecule has 2 heterocycles. The minimum atomic E-state index is -0.0385. The van der Waals surface area contributed by atoms with Gasteiger partial charge in [0, 0.05) is 37.5 Å². The number of nitrogens with zero attached hydrogens (tertiary/aromatic N) is 2. The summed E-state index contributed by atoms with van der Waals surface area (Å²) in [6.45, 7) is 1.86. The molecule has 1 aromatic heterocycles. The molecule has 0 atom stereocenters. The molecule has 2 amide bonds. The van der Waals surface area contributed by atoms with Crippen molar-refractivity contribution in [2.45, 2.75) is 25.5 Å². The van der Waals surface area contributed by atoms with Crippen LogP contribution in [0, 0.1) is 0 Å². The molecule has 1 saturated heterocycles. The number of rotatable bonds is 4. The van der Waals surface area contributed by atoms with Crippen LogP contribution in [-0.4, -0.2) is 35.1 Å². The zero-order chi connectivity index (χ0) is 18.6. The number of likely N-dealkylation sites (tertiary alicyclic amines) is 1. The van der Waals surface area contributed by atoms with Crippen LogP contribution in [0.5, 0.6) is 5.19 Å². The Morgan fingerprint density at radius 2 is 1.93 bits per heavy atom. The third kappa shape index (κ3) is 4.51. The van der Waals surface area contributed by atoms with Crippen LogP contribution in [0.15, 0.2) is 48.5 Å². The summed E-state index contributed by atoms with van der Waals surface area (Å²) in [5.74, 6) is 0. The summed E-state index contributed by atoms with van der Waals surface area (Å²) in [6.07, 6.45) is 1.72. The summed E-state index contributed by atoms with van der Waals surface area (Å²) >= 11 is 7.45. The lowest BCUT2D eigenvalue weighted by Crippen LogP contribution is -2.46. The van der Waals surface area contributed by atoms with Crippen molar-refractivity contribution in [3.8, 4) is 5.19 Å². The third-order valence-electron chi connectivity index (χ3n) is 4.63. The van der Waals surface area contributed by atoms with Crippen molar-refractivity contribution in [1.82, 2.24) is 15.2 Å². The number of thiazole rings is 1. The van der Waals surface area contributed by atoms with Gasteiger partial charge in [0.2, 0.25) is 0 Å². The van der Waals surface area contributed by atoms with Crippen molar-refractivity contribution in [1.29, 1.82) is 0 Å². The van der Waals surface area contributed by atoms with Crippen molar-refractivity contribution in [2.75, 3.05) is 13.1 Å². The van der Waals surface area contributed by atoms with Crippen molar-refractivity contribution >= 4 is 39.2 Å². The zero-order valence-electron chi connectivity index (χ0n) is 14.7. The molecule has 4 rings (SSSR count). The van der Waals surface area contributed by atoms with Gasteiger partial charge in [-0.2, -0.15) is 0 Å². The Labute approximate surface area is 166 Å². The van der Waals surface area contributed by atoms with Gasteiger partial charge in [-0.05, 0) is 29.8 Å². The van der Waals surface area contributed by atoms with Gasteiger partial charge in [-0.15, -0.1) is 0 Å². The summed E-state index contributed by atoms with van der Waals surface area (Å²) in [4.78, 5) is 18.7. The molecule has 1 aliphatic heterocycles. The monoisotopic (exact) mass is 401 g/mol. The van der Waals surface area contributed by atoms with E-state index in [1.54, 1.807) is 11.3 Å². The first kappa shape index (κ1) is 18.1. The average molecular weight is 402 g/mol. The number of fused-ring (bicyclic) bond motifs is 1. The highest BCUT2D eigenvalue weighted by atomic mass is 35.5. The summed E-state index contributed by atoms with van der Waals surface area (Å²) in [6, 6.07) is 15.5. The number of aromatic nitrogens is 1. The number of amides is 2. The van der Waals surface area contributed by atoms with E-state index in [0.717, 1.165) is 28.6 Å². The van der Waals surface area contributed by atoms with E-state index in [1.807, 2.05) is 53.4 Å². The molecule has 0 aliphatic carbocycles. The maximum Gasteiger partial charge on any atom is 0.317 e. The van der Waals surface area contributed by atoms with E-state index < -0.39 is 0 Å². The number of hydrogen-bond donors (Lipinski definition) is 1. The van der Waals surface area contributed by atoms with Gasteiger partial charge in [-0.25, -0.2) is 9.78 Å². The second kappa shape index (κ2) is 8.15. The van der Waals surface area contributed by atoms with Crippen molar-refractivity contribution < 1.29 is 9.53 Å². The number of ether oxygens (including phenoxy) is 1. The van der Waals surface area contributed by atoms with E-state index in [4.69, 9.17) is 16.3 Å². The standard InChI is InChI=1S/C20H20ClN3O2S/c21-15-7-5-14(6-8-15)13-22-19(25)24-11-9-16(10-12-24)26-20-23-17-3-1-2-4-18(17)27-20/h1-8,16H,9-13H2,(H,22,25). The number of benzene rings is 2. The number of piperidine rings is 1. The minimum absolute atomic E-state index is 0.0385. The Bertz CT molecular complexity index is 887. The maximum atomic E-state index is 12.4. The first-order valence-electron chi connectivity index (χ1n) is 8.97. The Balaban J connectivity index is 1.25. The quantitative estimate of drug-likeness (QED) is 0.689. The molecule has 27 heavy (non-hydrogen) atoms. The molecule has 5 nitrogen and oxygen atoms in total. The Kier molecular flexibility index (Phi) is 5.45. The average Bonchev–Trinajstić information content (AvgIpc) is 3.10. The van der Waals surface area contributed by atoms with Crippen molar-refractivity contribution in [3.05, 3.63) is 59.1 Å². The fraction of sp³-hybridized carbons (Fsp3) is 0.300. The van der Waals surface area contributed by atoms with Gasteiger partial charge in [-0.3, -0.25) is 0 Å². The topological polar surface area (TPSA) is 54.5 Å². The van der Waals surface area contributed by atoms with Crippen LogP contribution >= 0.6 is 22.9 Å². The molecule has 3 aromatic rings. The molecule has 7 heteroatoms. The number of carbonyl (C=O) groups is 1. The molecule has 0 bridgehead atoms. The molecular formula is C20H20ClN3O2S. The molecule has 1 aliphatic rings. The summed E-state index contributed by atoms with van der Waals surface area (Å²) in [5, 5.41) is 4.37. The van der Waals surface area contributed by atoms with E-state index >= 15 is 0 Å². The Morgan fingerprint density at radius 3 is 2.67 bits per heavy atom. The molecular weight excluding hydrogens is 382 g/mol. The third-order valence-corrected chi connectivity index (χ3v) is 5.81. The molecule has 0 saturated carbocycles. The van der Waals surface area contributed by atoms with Crippen LogP contribution in [0.25, 0.3) is 10.2 Å². The molecule has 0 radical (unpaired) electrons. The normalized spacial score (nSPS) is 15.1. The second-order valence-electron chi connectivity index (χ2n) is 6.54. The molecule has 0 unspecified atom stereocenters. The van der Waals surface area contributed by atoms with Gasteiger partial charge < -0.3 is 15.0 Å². The van der Waals surface area contributed by atoms with Gasteiger partial charge in [0.05, 0.1) is 10.2 Å². The molecule has 2 aromatic carbocycles.